The first-order valence-electron chi connectivity index (χ1n) is 8.67. The minimum atomic E-state index is -3.90. The Morgan fingerprint density at radius 3 is 2.54 bits per heavy atom. The Bertz CT molecular complexity index is 966. The van der Waals surface area contributed by atoms with Crippen LogP contribution in [0.4, 0.5) is 0 Å². The van der Waals surface area contributed by atoms with E-state index in [4.69, 9.17) is 15.8 Å². The Balaban J connectivity index is 1.62. The molecule has 2 aliphatic carbocycles. The predicted molar refractivity (Wildman–Crippen MR) is 98.9 cm³/mol. The monoisotopic (exact) mass is 390 g/mol. The molecule has 26 heavy (non-hydrogen) atoms. The van der Waals surface area contributed by atoms with Crippen LogP contribution in [0, 0.1) is 12.8 Å². The largest absolute Gasteiger partial charge is 0.299 e. The lowest BCUT2D eigenvalue weighted by Gasteiger charge is -2.39. The van der Waals surface area contributed by atoms with E-state index in [9.17, 15) is 13.2 Å². The van der Waals surface area contributed by atoms with Crippen molar-refractivity contribution < 1.29 is 17.4 Å². The van der Waals surface area contributed by atoms with Gasteiger partial charge in [-0.05, 0) is 61.6 Å². The second kappa shape index (κ2) is 6.48. The molecule has 0 unspecified atom stereocenters. The number of Topliss-reactive ketones (excluding diaryl/α,β-unsaturated/α-hetero) is 1. The molecule has 0 aromatic heterocycles. The topological polar surface area (TPSA) is 60.4 Å². The van der Waals surface area contributed by atoms with Crippen LogP contribution >= 0.6 is 11.6 Å². The van der Waals surface area contributed by atoms with Crippen LogP contribution in [0.5, 0.6) is 0 Å². The standard InChI is InChI=1S/C20H19ClO4S/c1-12-2-5-15(6-3-12)26(23,24)25-19-9-8-17-16-7-4-14(21)10-13(16)11-18(19)20(17)22/h2-7,10,17-19H,8-9,11H2,1H3/t17-,18-,19-/m1/s1. The van der Waals surface area contributed by atoms with Gasteiger partial charge in [-0.25, -0.2) is 0 Å². The summed E-state index contributed by atoms with van der Waals surface area (Å²) in [4.78, 5) is 12.9. The number of benzene rings is 2. The van der Waals surface area contributed by atoms with Crippen LogP contribution in [0.2, 0.25) is 5.02 Å². The molecule has 0 saturated heterocycles. The molecule has 1 fully saturated rings. The van der Waals surface area contributed by atoms with Crippen molar-refractivity contribution in [1.29, 1.82) is 0 Å². The van der Waals surface area contributed by atoms with Crippen LogP contribution in [-0.4, -0.2) is 20.3 Å². The van der Waals surface area contributed by atoms with Gasteiger partial charge < -0.3 is 0 Å². The number of halogens is 1. The highest BCUT2D eigenvalue weighted by Crippen LogP contribution is 2.43. The van der Waals surface area contributed by atoms with Crippen molar-refractivity contribution in [3.63, 3.8) is 0 Å². The Morgan fingerprint density at radius 1 is 1.08 bits per heavy atom. The molecule has 6 heteroatoms. The van der Waals surface area contributed by atoms with Crippen molar-refractivity contribution in [3.8, 4) is 0 Å². The van der Waals surface area contributed by atoms with Crippen LogP contribution in [0.1, 0.15) is 35.4 Å². The van der Waals surface area contributed by atoms with Crippen molar-refractivity contribution in [3.05, 3.63) is 64.2 Å². The number of carbonyl (C=O) groups is 1. The molecule has 1 saturated carbocycles. The van der Waals surface area contributed by atoms with E-state index in [0.717, 1.165) is 16.7 Å². The quantitative estimate of drug-likeness (QED) is 0.742. The van der Waals surface area contributed by atoms with Gasteiger partial charge in [0.15, 0.2) is 0 Å². The van der Waals surface area contributed by atoms with Gasteiger partial charge in [0.05, 0.1) is 16.9 Å². The third kappa shape index (κ3) is 3.08. The van der Waals surface area contributed by atoms with E-state index in [0.29, 0.717) is 24.3 Å². The van der Waals surface area contributed by atoms with Gasteiger partial charge >= 0.3 is 0 Å². The van der Waals surface area contributed by atoms with Crippen LogP contribution in [-0.2, 0) is 25.5 Å². The van der Waals surface area contributed by atoms with E-state index < -0.39 is 22.1 Å². The Morgan fingerprint density at radius 2 is 1.81 bits per heavy atom. The maximum Gasteiger partial charge on any atom is 0.297 e. The first-order valence-corrected chi connectivity index (χ1v) is 10.5. The van der Waals surface area contributed by atoms with E-state index in [2.05, 4.69) is 0 Å². The summed E-state index contributed by atoms with van der Waals surface area (Å²) in [6.45, 7) is 1.89. The summed E-state index contributed by atoms with van der Waals surface area (Å²) >= 11 is 6.09. The Labute approximate surface area is 158 Å². The van der Waals surface area contributed by atoms with Crippen LogP contribution in [0.15, 0.2) is 47.4 Å². The van der Waals surface area contributed by atoms with Crippen molar-refractivity contribution in [1.82, 2.24) is 0 Å². The molecular formula is C20H19ClO4S. The molecule has 2 aromatic rings. The van der Waals surface area contributed by atoms with E-state index in [1.54, 1.807) is 18.2 Å². The molecule has 0 aliphatic heterocycles. The predicted octanol–water partition coefficient (Wildman–Crippen LogP) is 4.04. The van der Waals surface area contributed by atoms with E-state index in [1.165, 1.54) is 12.1 Å². The summed E-state index contributed by atoms with van der Waals surface area (Å²) in [5.74, 6) is -0.543. The molecule has 2 aliphatic rings. The summed E-state index contributed by atoms with van der Waals surface area (Å²) in [7, 11) is -3.90. The molecule has 0 heterocycles. The summed E-state index contributed by atoms with van der Waals surface area (Å²) in [5.41, 5.74) is 3.02. The molecule has 0 amide bonds. The molecule has 0 N–H and O–H groups in total. The number of rotatable bonds is 3. The molecule has 0 spiro atoms. The number of hydrogen-bond donors (Lipinski definition) is 0. The third-order valence-corrected chi connectivity index (χ3v) is 6.96. The average Bonchev–Trinajstić information content (AvgIpc) is 2.58. The van der Waals surface area contributed by atoms with E-state index in [1.807, 2.05) is 19.1 Å². The minimum absolute atomic E-state index is 0.0789. The van der Waals surface area contributed by atoms with Gasteiger partial charge in [0.2, 0.25) is 0 Å². The zero-order chi connectivity index (χ0) is 18.5. The highest BCUT2D eigenvalue weighted by Gasteiger charge is 2.45. The molecule has 3 atom stereocenters. The van der Waals surface area contributed by atoms with Gasteiger partial charge in [0.25, 0.3) is 10.1 Å². The van der Waals surface area contributed by atoms with Gasteiger partial charge in [0, 0.05) is 10.9 Å². The molecule has 0 radical (unpaired) electrons. The lowest BCUT2D eigenvalue weighted by Crippen LogP contribution is -2.44. The Hall–Kier alpha value is -1.69. The molecule has 4 nitrogen and oxygen atoms in total. The second-order valence-corrected chi connectivity index (χ2v) is 9.10. The molecule has 2 bridgehead atoms. The smallest absolute Gasteiger partial charge is 0.297 e. The summed E-state index contributed by atoms with van der Waals surface area (Å²) in [6, 6.07) is 12.1. The van der Waals surface area contributed by atoms with Crippen molar-refractivity contribution >= 4 is 27.5 Å². The van der Waals surface area contributed by atoms with E-state index >= 15 is 0 Å². The Kier molecular flexibility index (Phi) is 4.41. The van der Waals surface area contributed by atoms with Crippen LogP contribution in [0.25, 0.3) is 0 Å². The van der Waals surface area contributed by atoms with Gasteiger partial charge in [-0.1, -0.05) is 35.4 Å². The lowest BCUT2D eigenvalue weighted by atomic mass is 9.67. The number of hydrogen-bond acceptors (Lipinski definition) is 4. The number of ketones is 1. The minimum Gasteiger partial charge on any atom is -0.299 e. The summed E-state index contributed by atoms with van der Waals surface area (Å²) in [6.07, 6.45) is 0.989. The molecule has 136 valence electrons. The number of carbonyl (C=O) groups excluding carboxylic acids is 1. The SMILES string of the molecule is Cc1ccc(S(=O)(=O)O[C@@H]2CC[C@H]3C(=O)[C@@H]2Cc2cc(Cl)ccc23)cc1. The lowest BCUT2D eigenvalue weighted by molar-refractivity contribution is -0.131. The van der Waals surface area contributed by atoms with E-state index in [-0.39, 0.29) is 16.6 Å². The average molecular weight is 391 g/mol. The van der Waals surface area contributed by atoms with Crippen LogP contribution < -0.4 is 0 Å². The molecule has 4 rings (SSSR count). The summed E-state index contributed by atoms with van der Waals surface area (Å²) in [5, 5.41) is 0.626. The number of aryl methyl sites for hydroxylation is 1. The second-order valence-electron chi connectivity index (χ2n) is 7.09. The fourth-order valence-electron chi connectivity index (χ4n) is 4.02. The molecular weight excluding hydrogens is 372 g/mol. The third-order valence-electron chi connectivity index (χ3n) is 5.38. The normalized spacial score (nSPS) is 25.0. The highest BCUT2D eigenvalue weighted by atomic mass is 35.5. The van der Waals surface area contributed by atoms with Gasteiger partial charge in [-0.3, -0.25) is 8.98 Å². The zero-order valence-corrected chi connectivity index (χ0v) is 15.9. The van der Waals surface area contributed by atoms with Gasteiger partial charge in [-0.2, -0.15) is 8.42 Å². The van der Waals surface area contributed by atoms with Gasteiger partial charge in [0.1, 0.15) is 5.78 Å². The van der Waals surface area contributed by atoms with Gasteiger partial charge in [-0.15, -0.1) is 0 Å². The fourth-order valence-corrected chi connectivity index (χ4v) is 5.35. The number of fused-ring (bicyclic) bond motifs is 4. The molecule has 2 aromatic carbocycles. The zero-order valence-electron chi connectivity index (χ0n) is 14.3. The fraction of sp³-hybridized carbons (Fsp3) is 0.350. The first kappa shape index (κ1) is 17.7. The van der Waals surface area contributed by atoms with Crippen molar-refractivity contribution in [2.24, 2.45) is 5.92 Å². The highest BCUT2D eigenvalue weighted by molar-refractivity contribution is 7.86. The maximum atomic E-state index is 12.8. The summed E-state index contributed by atoms with van der Waals surface area (Å²) < 4.78 is 30.8. The van der Waals surface area contributed by atoms with Crippen LogP contribution in [0.3, 0.4) is 0 Å². The van der Waals surface area contributed by atoms with Crippen molar-refractivity contribution in [2.45, 2.75) is 43.1 Å². The van der Waals surface area contributed by atoms with Crippen molar-refractivity contribution in [2.75, 3.05) is 0 Å². The maximum absolute atomic E-state index is 12.8. The first-order chi connectivity index (χ1) is 12.3.